The Hall–Kier alpha value is -2.36. The molecule has 9 nitrogen and oxygen atoms in total. The first-order valence-corrected chi connectivity index (χ1v) is 10.8. The third kappa shape index (κ3) is 6.07. The maximum absolute atomic E-state index is 12.3. The van der Waals surface area contributed by atoms with Crippen LogP contribution < -0.4 is 5.32 Å². The molecule has 1 aromatic heterocycles. The summed E-state index contributed by atoms with van der Waals surface area (Å²) in [6.45, 7) is 8.29. The maximum Gasteiger partial charge on any atom is 0.221 e. The van der Waals surface area contributed by atoms with Gasteiger partial charge in [-0.15, -0.1) is 5.10 Å². The van der Waals surface area contributed by atoms with E-state index in [1.807, 2.05) is 6.07 Å². The van der Waals surface area contributed by atoms with Crippen LogP contribution in [0, 0.1) is 5.92 Å². The first kappa shape index (κ1) is 20.9. The molecule has 162 valence electrons. The highest BCUT2D eigenvalue weighted by atomic mass is 16.5. The van der Waals surface area contributed by atoms with Crippen LogP contribution in [0.4, 0.5) is 0 Å². The fourth-order valence-corrected chi connectivity index (χ4v) is 4.09. The van der Waals surface area contributed by atoms with Gasteiger partial charge in [-0.1, -0.05) is 30.3 Å². The van der Waals surface area contributed by atoms with Crippen molar-refractivity contribution in [2.24, 2.45) is 5.92 Å². The molecule has 0 saturated carbocycles. The molecule has 2 aliphatic heterocycles. The maximum atomic E-state index is 12.3. The minimum absolute atomic E-state index is 0.0596. The van der Waals surface area contributed by atoms with Crippen molar-refractivity contribution in [3.05, 3.63) is 41.7 Å². The van der Waals surface area contributed by atoms with Crippen molar-refractivity contribution in [1.82, 2.24) is 35.3 Å². The molecule has 0 spiro atoms. The minimum Gasteiger partial charge on any atom is -0.379 e. The van der Waals surface area contributed by atoms with Crippen LogP contribution in [0.25, 0.3) is 0 Å². The van der Waals surface area contributed by atoms with Gasteiger partial charge >= 0.3 is 0 Å². The quantitative estimate of drug-likeness (QED) is 0.642. The van der Waals surface area contributed by atoms with Crippen LogP contribution in [0.15, 0.2) is 30.3 Å². The van der Waals surface area contributed by atoms with Crippen molar-refractivity contribution >= 4 is 5.91 Å². The highest BCUT2D eigenvalue weighted by Gasteiger charge is 2.23. The van der Waals surface area contributed by atoms with Crippen molar-refractivity contribution in [1.29, 1.82) is 0 Å². The van der Waals surface area contributed by atoms with Crippen LogP contribution in [-0.2, 0) is 29.2 Å². The number of benzene rings is 1. The van der Waals surface area contributed by atoms with Gasteiger partial charge in [-0.25, -0.2) is 4.68 Å². The first-order valence-electron chi connectivity index (χ1n) is 10.8. The SMILES string of the molecule is O=C(CCn1nnnc1CN1CCOCC1)NC[C@@H]1CCN(Cc2ccccc2)C1. The molecule has 0 unspecified atom stereocenters. The van der Waals surface area contributed by atoms with Gasteiger partial charge in [-0.05, 0) is 34.9 Å². The number of aromatic nitrogens is 4. The third-order valence-electron chi connectivity index (χ3n) is 5.83. The lowest BCUT2D eigenvalue weighted by atomic mass is 10.1. The summed E-state index contributed by atoms with van der Waals surface area (Å²) >= 11 is 0. The zero-order valence-electron chi connectivity index (χ0n) is 17.4. The van der Waals surface area contributed by atoms with Gasteiger partial charge in [-0.2, -0.15) is 0 Å². The van der Waals surface area contributed by atoms with E-state index < -0.39 is 0 Å². The summed E-state index contributed by atoms with van der Waals surface area (Å²) in [6.07, 6.45) is 1.52. The van der Waals surface area contributed by atoms with Gasteiger partial charge in [0.2, 0.25) is 5.91 Å². The Labute approximate surface area is 177 Å². The number of hydrogen-bond donors (Lipinski definition) is 1. The van der Waals surface area contributed by atoms with E-state index in [2.05, 4.69) is 54.9 Å². The molecule has 2 aliphatic rings. The van der Waals surface area contributed by atoms with E-state index in [0.717, 1.165) is 64.7 Å². The molecule has 1 N–H and O–H groups in total. The Morgan fingerprint density at radius 1 is 1.10 bits per heavy atom. The number of likely N-dealkylation sites (tertiary alicyclic amines) is 1. The number of carbonyl (C=O) groups excluding carboxylic acids is 1. The largest absolute Gasteiger partial charge is 0.379 e. The van der Waals surface area contributed by atoms with Gasteiger partial charge in [0, 0.05) is 39.1 Å². The second kappa shape index (κ2) is 10.6. The lowest BCUT2D eigenvalue weighted by molar-refractivity contribution is -0.121. The van der Waals surface area contributed by atoms with Crippen LogP contribution in [0.3, 0.4) is 0 Å². The summed E-state index contributed by atoms with van der Waals surface area (Å²) in [5.74, 6) is 1.38. The Morgan fingerprint density at radius 3 is 2.77 bits per heavy atom. The van der Waals surface area contributed by atoms with Gasteiger partial charge in [0.1, 0.15) is 0 Å². The van der Waals surface area contributed by atoms with E-state index in [1.165, 1.54) is 5.56 Å². The number of morpholine rings is 1. The Kier molecular flexibility index (Phi) is 7.39. The molecule has 0 radical (unpaired) electrons. The van der Waals surface area contributed by atoms with E-state index in [-0.39, 0.29) is 5.91 Å². The van der Waals surface area contributed by atoms with Gasteiger partial charge in [0.25, 0.3) is 0 Å². The fraction of sp³-hybridized carbons (Fsp3) is 0.619. The topological polar surface area (TPSA) is 88.4 Å². The normalized spacial score (nSPS) is 20.5. The van der Waals surface area contributed by atoms with Crippen molar-refractivity contribution in [2.45, 2.75) is 32.5 Å². The number of carbonyl (C=O) groups is 1. The van der Waals surface area contributed by atoms with Crippen LogP contribution in [0.1, 0.15) is 24.2 Å². The molecule has 4 rings (SSSR count). The molecular formula is C21H31N7O2. The number of ether oxygens (including phenoxy) is 1. The molecule has 0 aliphatic carbocycles. The molecule has 1 aromatic carbocycles. The summed E-state index contributed by atoms with van der Waals surface area (Å²) in [6, 6.07) is 10.6. The van der Waals surface area contributed by atoms with Crippen LogP contribution in [0.5, 0.6) is 0 Å². The predicted octanol–water partition coefficient (Wildman–Crippen LogP) is 0.534. The number of nitrogens with one attached hydrogen (secondary N) is 1. The summed E-state index contributed by atoms with van der Waals surface area (Å²) in [5.41, 5.74) is 1.34. The monoisotopic (exact) mass is 413 g/mol. The van der Waals surface area contributed by atoms with E-state index in [9.17, 15) is 4.79 Å². The summed E-state index contributed by atoms with van der Waals surface area (Å²) in [5, 5.41) is 15.1. The first-order chi connectivity index (χ1) is 14.8. The standard InChI is InChI=1S/C21H31N7O2/c29-21(7-9-28-20(23-24-25-28)17-26-10-12-30-13-11-26)22-14-19-6-8-27(16-19)15-18-4-2-1-3-5-18/h1-5,19H,6-17H2,(H,22,29)/t19-/m0/s1. The molecule has 0 bridgehead atoms. The predicted molar refractivity (Wildman–Crippen MR) is 111 cm³/mol. The van der Waals surface area contributed by atoms with Gasteiger partial charge in [-0.3, -0.25) is 14.6 Å². The molecule has 1 amide bonds. The smallest absolute Gasteiger partial charge is 0.221 e. The Balaban J connectivity index is 1.15. The van der Waals surface area contributed by atoms with E-state index in [1.54, 1.807) is 4.68 Å². The van der Waals surface area contributed by atoms with Crippen LogP contribution >= 0.6 is 0 Å². The van der Waals surface area contributed by atoms with Crippen LogP contribution in [0.2, 0.25) is 0 Å². The van der Waals surface area contributed by atoms with Gasteiger partial charge in [0.15, 0.2) is 5.82 Å². The molecular weight excluding hydrogens is 382 g/mol. The van der Waals surface area contributed by atoms with Gasteiger partial charge in [0.05, 0.1) is 26.3 Å². The van der Waals surface area contributed by atoms with E-state index >= 15 is 0 Å². The van der Waals surface area contributed by atoms with Crippen molar-refractivity contribution in [3.63, 3.8) is 0 Å². The van der Waals surface area contributed by atoms with E-state index in [0.29, 0.717) is 25.4 Å². The highest BCUT2D eigenvalue weighted by Crippen LogP contribution is 2.18. The number of aryl methyl sites for hydroxylation is 1. The van der Waals surface area contributed by atoms with Crippen molar-refractivity contribution in [3.8, 4) is 0 Å². The number of amides is 1. The zero-order valence-corrected chi connectivity index (χ0v) is 17.4. The minimum atomic E-state index is 0.0596. The second-order valence-corrected chi connectivity index (χ2v) is 8.14. The summed E-state index contributed by atoms with van der Waals surface area (Å²) < 4.78 is 7.12. The second-order valence-electron chi connectivity index (χ2n) is 8.14. The molecule has 3 heterocycles. The lowest BCUT2D eigenvalue weighted by Gasteiger charge is -2.25. The Bertz CT molecular complexity index is 792. The molecule has 2 aromatic rings. The summed E-state index contributed by atoms with van der Waals surface area (Å²) in [4.78, 5) is 17.1. The molecule has 1 atom stereocenters. The average Bonchev–Trinajstić information content (AvgIpc) is 3.41. The number of nitrogens with zero attached hydrogens (tertiary/aromatic N) is 6. The van der Waals surface area contributed by atoms with Crippen LogP contribution in [-0.4, -0.2) is 81.9 Å². The highest BCUT2D eigenvalue weighted by molar-refractivity contribution is 5.75. The van der Waals surface area contributed by atoms with E-state index in [4.69, 9.17) is 4.74 Å². The van der Waals surface area contributed by atoms with Gasteiger partial charge < -0.3 is 10.1 Å². The third-order valence-corrected chi connectivity index (χ3v) is 5.83. The molecule has 2 saturated heterocycles. The lowest BCUT2D eigenvalue weighted by Crippen LogP contribution is -2.36. The number of rotatable bonds is 9. The molecule has 2 fully saturated rings. The molecule has 30 heavy (non-hydrogen) atoms. The van der Waals surface area contributed by atoms with Crippen molar-refractivity contribution < 1.29 is 9.53 Å². The summed E-state index contributed by atoms with van der Waals surface area (Å²) in [7, 11) is 0. The molecule has 9 heteroatoms. The average molecular weight is 414 g/mol. The fourth-order valence-electron chi connectivity index (χ4n) is 4.09. The Morgan fingerprint density at radius 2 is 1.93 bits per heavy atom. The number of hydrogen-bond acceptors (Lipinski definition) is 7. The van der Waals surface area contributed by atoms with Crippen molar-refractivity contribution in [2.75, 3.05) is 45.9 Å². The number of tetrazole rings is 1. The zero-order chi connectivity index (χ0) is 20.6.